The number of rotatable bonds is 3. The van der Waals surface area contributed by atoms with Gasteiger partial charge >= 0.3 is 0 Å². The van der Waals surface area contributed by atoms with Gasteiger partial charge in [0.05, 0.1) is 12.7 Å². The van der Waals surface area contributed by atoms with Gasteiger partial charge in [0.15, 0.2) is 0 Å². The summed E-state index contributed by atoms with van der Waals surface area (Å²) in [5, 5.41) is 12.7. The molecule has 0 aliphatic carbocycles. The quantitative estimate of drug-likeness (QED) is 0.789. The predicted octanol–water partition coefficient (Wildman–Crippen LogP) is 1.48. The fourth-order valence-electron chi connectivity index (χ4n) is 1.96. The molecule has 1 saturated heterocycles. The summed E-state index contributed by atoms with van der Waals surface area (Å²) in [6.07, 6.45) is 0.570. The average molecular weight is 207 g/mol. The number of ether oxygens (including phenoxy) is 1. The minimum Gasteiger partial charge on any atom is -0.494 e. The van der Waals surface area contributed by atoms with E-state index < -0.39 is 0 Å². The molecule has 0 radical (unpaired) electrons. The maximum Gasteiger partial charge on any atom is 0.119 e. The molecule has 1 aliphatic rings. The monoisotopic (exact) mass is 207 g/mol. The molecule has 1 heterocycles. The van der Waals surface area contributed by atoms with Crippen molar-refractivity contribution in [2.24, 2.45) is 0 Å². The standard InChI is InChI=1S/C12H17NO2/c1-2-15-11-5-3-4-9(6-11)12-7-10(14)8-13-12/h3-6,10,12-14H,2,7-8H2,1H3. The molecule has 0 spiro atoms. The van der Waals surface area contributed by atoms with E-state index in [0.717, 1.165) is 12.2 Å². The number of aliphatic hydroxyl groups excluding tert-OH is 1. The van der Waals surface area contributed by atoms with E-state index in [9.17, 15) is 5.11 Å². The Bertz CT molecular complexity index is 327. The van der Waals surface area contributed by atoms with Gasteiger partial charge in [0.25, 0.3) is 0 Å². The van der Waals surface area contributed by atoms with E-state index in [1.165, 1.54) is 5.56 Å². The highest BCUT2D eigenvalue weighted by Gasteiger charge is 2.23. The van der Waals surface area contributed by atoms with Crippen molar-refractivity contribution in [2.45, 2.75) is 25.5 Å². The highest BCUT2D eigenvalue weighted by Crippen LogP contribution is 2.26. The normalized spacial score (nSPS) is 25.5. The molecule has 0 saturated carbocycles. The number of hydrogen-bond acceptors (Lipinski definition) is 3. The van der Waals surface area contributed by atoms with Gasteiger partial charge in [-0.25, -0.2) is 0 Å². The van der Waals surface area contributed by atoms with Crippen LogP contribution < -0.4 is 10.1 Å². The fourth-order valence-corrected chi connectivity index (χ4v) is 1.96. The van der Waals surface area contributed by atoms with Crippen LogP contribution in [0, 0.1) is 0 Å². The van der Waals surface area contributed by atoms with Crippen LogP contribution in [0.5, 0.6) is 5.75 Å². The Kier molecular flexibility index (Phi) is 3.23. The molecular formula is C12H17NO2. The molecule has 2 rings (SSSR count). The van der Waals surface area contributed by atoms with E-state index in [4.69, 9.17) is 4.74 Å². The summed E-state index contributed by atoms with van der Waals surface area (Å²) in [5.41, 5.74) is 1.19. The summed E-state index contributed by atoms with van der Waals surface area (Å²) in [5.74, 6) is 0.901. The Labute approximate surface area is 90.1 Å². The number of hydrogen-bond donors (Lipinski definition) is 2. The number of aliphatic hydroxyl groups is 1. The van der Waals surface area contributed by atoms with Gasteiger partial charge in [-0.2, -0.15) is 0 Å². The summed E-state index contributed by atoms with van der Waals surface area (Å²) in [4.78, 5) is 0. The van der Waals surface area contributed by atoms with Gasteiger partial charge in [-0.3, -0.25) is 0 Å². The van der Waals surface area contributed by atoms with E-state index >= 15 is 0 Å². The topological polar surface area (TPSA) is 41.5 Å². The van der Waals surface area contributed by atoms with E-state index in [-0.39, 0.29) is 12.1 Å². The third-order valence-electron chi connectivity index (χ3n) is 2.68. The summed E-state index contributed by atoms with van der Waals surface area (Å²) in [6.45, 7) is 3.35. The lowest BCUT2D eigenvalue weighted by Gasteiger charge is -2.12. The lowest BCUT2D eigenvalue weighted by atomic mass is 10.0. The molecule has 0 bridgehead atoms. The van der Waals surface area contributed by atoms with Crippen LogP contribution in [-0.4, -0.2) is 24.4 Å². The Hall–Kier alpha value is -1.06. The highest BCUT2D eigenvalue weighted by atomic mass is 16.5. The van der Waals surface area contributed by atoms with Gasteiger partial charge in [0.2, 0.25) is 0 Å². The first-order valence-corrected chi connectivity index (χ1v) is 5.44. The van der Waals surface area contributed by atoms with Gasteiger partial charge < -0.3 is 15.2 Å². The highest BCUT2D eigenvalue weighted by molar-refractivity contribution is 5.31. The van der Waals surface area contributed by atoms with E-state index in [0.29, 0.717) is 13.2 Å². The second-order valence-corrected chi connectivity index (χ2v) is 3.86. The molecule has 0 amide bonds. The fraction of sp³-hybridized carbons (Fsp3) is 0.500. The summed E-state index contributed by atoms with van der Waals surface area (Å²) >= 11 is 0. The lowest BCUT2D eigenvalue weighted by molar-refractivity contribution is 0.193. The molecule has 2 N–H and O–H groups in total. The average Bonchev–Trinajstić information content (AvgIpc) is 2.66. The van der Waals surface area contributed by atoms with Crippen LogP contribution in [-0.2, 0) is 0 Å². The Balaban J connectivity index is 2.10. The maximum absolute atomic E-state index is 9.44. The molecular weight excluding hydrogens is 190 g/mol. The lowest BCUT2D eigenvalue weighted by Crippen LogP contribution is -2.14. The molecule has 2 atom stereocenters. The van der Waals surface area contributed by atoms with Crippen LogP contribution in [0.25, 0.3) is 0 Å². The number of nitrogens with one attached hydrogen (secondary N) is 1. The largest absolute Gasteiger partial charge is 0.494 e. The molecule has 15 heavy (non-hydrogen) atoms. The maximum atomic E-state index is 9.44. The van der Waals surface area contributed by atoms with E-state index in [2.05, 4.69) is 11.4 Å². The first kappa shape index (κ1) is 10.5. The van der Waals surface area contributed by atoms with Crippen LogP contribution in [0.3, 0.4) is 0 Å². The van der Waals surface area contributed by atoms with Crippen molar-refractivity contribution in [1.29, 1.82) is 0 Å². The van der Waals surface area contributed by atoms with Crippen LogP contribution >= 0.6 is 0 Å². The first-order chi connectivity index (χ1) is 7.29. The Morgan fingerprint density at radius 2 is 2.40 bits per heavy atom. The molecule has 82 valence electrons. The second kappa shape index (κ2) is 4.64. The predicted molar refractivity (Wildman–Crippen MR) is 59.0 cm³/mol. The third-order valence-corrected chi connectivity index (χ3v) is 2.68. The number of benzene rings is 1. The first-order valence-electron chi connectivity index (χ1n) is 5.44. The molecule has 1 fully saturated rings. The van der Waals surface area contributed by atoms with Gasteiger partial charge in [0.1, 0.15) is 5.75 Å². The van der Waals surface area contributed by atoms with Crippen molar-refractivity contribution in [3.8, 4) is 5.75 Å². The minimum atomic E-state index is -0.217. The van der Waals surface area contributed by atoms with E-state index in [1.54, 1.807) is 0 Å². The summed E-state index contributed by atoms with van der Waals surface area (Å²) in [6, 6.07) is 8.32. The van der Waals surface area contributed by atoms with Gasteiger partial charge in [0, 0.05) is 12.6 Å². The molecule has 1 aliphatic heterocycles. The van der Waals surface area contributed by atoms with Crippen molar-refractivity contribution in [3.63, 3.8) is 0 Å². The summed E-state index contributed by atoms with van der Waals surface area (Å²) in [7, 11) is 0. The van der Waals surface area contributed by atoms with Crippen LogP contribution in [0.4, 0.5) is 0 Å². The Morgan fingerprint density at radius 1 is 1.53 bits per heavy atom. The second-order valence-electron chi connectivity index (χ2n) is 3.86. The molecule has 3 heteroatoms. The van der Waals surface area contributed by atoms with Crippen LogP contribution in [0.15, 0.2) is 24.3 Å². The summed E-state index contributed by atoms with van der Waals surface area (Å²) < 4.78 is 5.44. The third kappa shape index (κ3) is 2.49. The van der Waals surface area contributed by atoms with Crippen molar-refractivity contribution in [3.05, 3.63) is 29.8 Å². The SMILES string of the molecule is CCOc1cccc(C2CC(O)CN2)c1. The van der Waals surface area contributed by atoms with Crippen molar-refractivity contribution < 1.29 is 9.84 Å². The minimum absolute atomic E-state index is 0.217. The molecule has 3 nitrogen and oxygen atoms in total. The number of β-amino-alcohol motifs (C(OH)–C–C–N with tert-alkyl or cyclic N) is 1. The molecule has 0 aromatic heterocycles. The van der Waals surface area contributed by atoms with Crippen molar-refractivity contribution >= 4 is 0 Å². The smallest absolute Gasteiger partial charge is 0.119 e. The molecule has 2 unspecified atom stereocenters. The zero-order valence-electron chi connectivity index (χ0n) is 8.94. The van der Waals surface area contributed by atoms with Crippen LogP contribution in [0.2, 0.25) is 0 Å². The van der Waals surface area contributed by atoms with Gasteiger partial charge in [-0.1, -0.05) is 12.1 Å². The van der Waals surface area contributed by atoms with Crippen LogP contribution in [0.1, 0.15) is 24.9 Å². The zero-order chi connectivity index (χ0) is 10.7. The van der Waals surface area contributed by atoms with E-state index in [1.807, 2.05) is 25.1 Å². The van der Waals surface area contributed by atoms with Gasteiger partial charge in [-0.15, -0.1) is 0 Å². The van der Waals surface area contributed by atoms with Crippen molar-refractivity contribution in [2.75, 3.05) is 13.2 Å². The molecule has 1 aromatic carbocycles. The molecule has 1 aromatic rings. The van der Waals surface area contributed by atoms with Gasteiger partial charge in [-0.05, 0) is 31.0 Å². The Morgan fingerprint density at radius 3 is 3.07 bits per heavy atom. The van der Waals surface area contributed by atoms with Crippen molar-refractivity contribution in [1.82, 2.24) is 5.32 Å². The zero-order valence-corrected chi connectivity index (χ0v) is 8.94.